The van der Waals surface area contributed by atoms with Gasteiger partial charge < -0.3 is 0 Å². The molecule has 92 valence electrons. The molecule has 0 aliphatic heterocycles. The van der Waals surface area contributed by atoms with Gasteiger partial charge >= 0.3 is 0 Å². The van der Waals surface area contributed by atoms with Crippen molar-refractivity contribution in [1.29, 1.82) is 0 Å². The Hall–Kier alpha value is -1.35. The van der Waals surface area contributed by atoms with Gasteiger partial charge in [-0.3, -0.25) is 4.79 Å². The van der Waals surface area contributed by atoms with Crippen LogP contribution in [0, 0.1) is 5.92 Å². The molecule has 1 aromatic rings. The summed E-state index contributed by atoms with van der Waals surface area (Å²) in [6, 6.07) is 6.78. The Balaban J connectivity index is 2.61. The maximum atomic E-state index is 11.7. The first kappa shape index (κ1) is 13.7. The Labute approximate surface area is 107 Å². The van der Waals surface area contributed by atoms with E-state index in [2.05, 4.69) is 24.4 Å². The average Bonchev–Trinajstić information content (AvgIpc) is 2.25. The third kappa shape index (κ3) is 5.00. The predicted octanol–water partition coefficient (Wildman–Crippen LogP) is 3.49. The zero-order valence-corrected chi connectivity index (χ0v) is 11.1. The molecule has 0 fully saturated rings. The lowest BCUT2D eigenvalue weighted by atomic mass is 10.1. The molecule has 0 aliphatic carbocycles. The van der Waals surface area contributed by atoms with Gasteiger partial charge in [0.25, 0.3) is 5.91 Å². The van der Waals surface area contributed by atoms with Gasteiger partial charge in [-0.1, -0.05) is 31.5 Å². The van der Waals surface area contributed by atoms with E-state index in [9.17, 15) is 4.79 Å². The largest absolute Gasteiger partial charge is 0.271 e. The number of nitrogens with one attached hydrogen (secondary N) is 1. The molecule has 17 heavy (non-hydrogen) atoms. The molecule has 0 unspecified atom stereocenters. The molecular weight excluding hydrogens is 236 g/mol. The van der Waals surface area contributed by atoms with Crippen molar-refractivity contribution in [1.82, 2.24) is 5.43 Å². The van der Waals surface area contributed by atoms with Crippen LogP contribution in [0.4, 0.5) is 0 Å². The Morgan fingerprint density at radius 2 is 2.18 bits per heavy atom. The maximum absolute atomic E-state index is 11.7. The van der Waals surface area contributed by atoms with Crippen molar-refractivity contribution in [2.75, 3.05) is 0 Å². The predicted molar refractivity (Wildman–Crippen MR) is 71.5 cm³/mol. The van der Waals surface area contributed by atoms with Gasteiger partial charge in [-0.15, -0.1) is 0 Å². The van der Waals surface area contributed by atoms with Crippen molar-refractivity contribution in [3.63, 3.8) is 0 Å². The maximum Gasteiger partial charge on any atom is 0.271 e. The zero-order valence-electron chi connectivity index (χ0n) is 10.3. The lowest BCUT2D eigenvalue weighted by Crippen LogP contribution is -2.19. The van der Waals surface area contributed by atoms with Crippen molar-refractivity contribution < 1.29 is 4.79 Å². The molecule has 1 amide bonds. The highest BCUT2D eigenvalue weighted by atomic mass is 35.5. The van der Waals surface area contributed by atoms with Gasteiger partial charge in [0.1, 0.15) is 0 Å². The van der Waals surface area contributed by atoms with E-state index in [-0.39, 0.29) is 5.91 Å². The second-order valence-electron chi connectivity index (χ2n) is 4.40. The van der Waals surface area contributed by atoms with Gasteiger partial charge in [-0.25, -0.2) is 5.43 Å². The summed E-state index contributed by atoms with van der Waals surface area (Å²) in [5.41, 5.74) is 3.95. The minimum atomic E-state index is -0.240. The van der Waals surface area contributed by atoms with E-state index < -0.39 is 0 Å². The molecule has 0 bridgehead atoms. The molecule has 4 heteroatoms. The van der Waals surface area contributed by atoms with Gasteiger partial charge in [0, 0.05) is 16.3 Å². The van der Waals surface area contributed by atoms with Gasteiger partial charge in [-0.05, 0) is 37.5 Å². The van der Waals surface area contributed by atoms with E-state index in [0.717, 1.165) is 12.1 Å². The van der Waals surface area contributed by atoms with Crippen LogP contribution in [-0.2, 0) is 0 Å². The smallest absolute Gasteiger partial charge is 0.267 e. The Morgan fingerprint density at radius 3 is 2.76 bits per heavy atom. The average molecular weight is 253 g/mol. The standard InChI is InChI=1S/C13H17ClN2O/c1-9(2)7-10(3)15-16-13(17)11-5-4-6-12(14)8-11/h4-6,8-9H,7H2,1-3H3,(H,16,17)/b15-10+. The van der Waals surface area contributed by atoms with Crippen molar-refractivity contribution in [2.24, 2.45) is 11.0 Å². The molecular formula is C13H17ClN2O. The quantitative estimate of drug-likeness (QED) is 0.647. The second-order valence-corrected chi connectivity index (χ2v) is 4.83. The number of hydrogen-bond donors (Lipinski definition) is 1. The summed E-state index contributed by atoms with van der Waals surface area (Å²) in [4.78, 5) is 11.7. The summed E-state index contributed by atoms with van der Waals surface area (Å²) in [7, 11) is 0. The highest BCUT2D eigenvalue weighted by Gasteiger charge is 2.05. The minimum absolute atomic E-state index is 0.240. The van der Waals surface area contributed by atoms with Crippen LogP contribution in [0.5, 0.6) is 0 Å². The van der Waals surface area contributed by atoms with Gasteiger partial charge in [-0.2, -0.15) is 5.10 Å². The summed E-state index contributed by atoms with van der Waals surface area (Å²) in [5, 5.41) is 4.59. The summed E-state index contributed by atoms with van der Waals surface area (Å²) in [6.45, 7) is 6.12. The number of amides is 1. The summed E-state index contributed by atoms with van der Waals surface area (Å²) < 4.78 is 0. The molecule has 0 atom stereocenters. The van der Waals surface area contributed by atoms with Crippen molar-refractivity contribution >= 4 is 23.2 Å². The zero-order chi connectivity index (χ0) is 12.8. The van der Waals surface area contributed by atoms with Crippen LogP contribution in [-0.4, -0.2) is 11.6 Å². The number of rotatable bonds is 4. The highest BCUT2D eigenvalue weighted by molar-refractivity contribution is 6.30. The SMILES string of the molecule is C/C(CC(C)C)=N\NC(=O)c1cccc(Cl)c1. The molecule has 0 saturated heterocycles. The fraction of sp³-hybridized carbons (Fsp3) is 0.385. The van der Waals surface area contributed by atoms with Crippen molar-refractivity contribution in [3.8, 4) is 0 Å². The van der Waals surface area contributed by atoms with E-state index in [0.29, 0.717) is 16.5 Å². The van der Waals surface area contributed by atoms with Crippen LogP contribution >= 0.6 is 11.6 Å². The second kappa shape index (κ2) is 6.40. The summed E-state index contributed by atoms with van der Waals surface area (Å²) in [5.74, 6) is 0.289. The number of halogens is 1. The topological polar surface area (TPSA) is 41.5 Å². The van der Waals surface area contributed by atoms with Crippen LogP contribution in [0.1, 0.15) is 37.6 Å². The third-order valence-corrected chi connectivity index (χ3v) is 2.37. The Kier molecular flexibility index (Phi) is 5.16. The highest BCUT2D eigenvalue weighted by Crippen LogP contribution is 2.10. The minimum Gasteiger partial charge on any atom is -0.267 e. The fourth-order valence-corrected chi connectivity index (χ4v) is 1.67. The lowest BCUT2D eigenvalue weighted by Gasteiger charge is -2.05. The first-order valence-corrected chi connectivity index (χ1v) is 5.96. The van der Waals surface area contributed by atoms with E-state index in [1.165, 1.54) is 0 Å². The van der Waals surface area contributed by atoms with E-state index in [1.807, 2.05) is 6.92 Å². The molecule has 0 aliphatic rings. The van der Waals surface area contributed by atoms with Crippen LogP contribution < -0.4 is 5.43 Å². The molecule has 0 aromatic heterocycles. The van der Waals surface area contributed by atoms with Crippen LogP contribution in [0.3, 0.4) is 0 Å². The molecule has 1 aromatic carbocycles. The van der Waals surface area contributed by atoms with E-state index in [4.69, 9.17) is 11.6 Å². The molecule has 1 rings (SSSR count). The first-order valence-electron chi connectivity index (χ1n) is 5.58. The number of carbonyl (C=O) groups excluding carboxylic acids is 1. The van der Waals surface area contributed by atoms with Crippen LogP contribution in [0.25, 0.3) is 0 Å². The molecule has 0 saturated carbocycles. The van der Waals surface area contributed by atoms with Crippen molar-refractivity contribution in [3.05, 3.63) is 34.9 Å². The number of nitrogens with zero attached hydrogens (tertiary/aromatic N) is 1. The summed E-state index contributed by atoms with van der Waals surface area (Å²) >= 11 is 5.80. The monoisotopic (exact) mass is 252 g/mol. The lowest BCUT2D eigenvalue weighted by molar-refractivity contribution is 0.0954. The summed E-state index contributed by atoms with van der Waals surface area (Å²) in [6.07, 6.45) is 0.871. The number of hydrogen-bond acceptors (Lipinski definition) is 2. The normalized spacial score (nSPS) is 11.7. The Morgan fingerprint density at radius 1 is 1.47 bits per heavy atom. The van der Waals surface area contributed by atoms with Crippen LogP contribution in [0.15, 0.2) is 29.4 Å². The number of carbonyl (C=O) groups is 1. The Bertz CT molecular complexity index is 427. The van der Waals surface area contributed by atoms with E-state index >= 15 is 0 Å². The van der Waals surface area contributed by atoms with Crippen molar-refractivity contribution in [2.45, 2.75) is 27.2 Å². The van der Waals surface area contributed by atoms with Crippen LogP contribution in [0.2, 0.25) is 5.02 Å². The fourth-order valence-electron chi connectivity index (χ4n) is 1.48. The van der Waals surface area contributed by atoms with Gasteiger partial charge in [0.05, 0.1) is 0 Å². The molecule has 0 heterocycles. The van der Waals surface area contributed by atoms with Gasteiger partial charge in [0.15, 0.2) is 0 Å². The number of hydrazone groups is 1. The number of benzene rings is 1. The first-order chi connectivity index (χ1) is 7.99. The van der Waals surface area contributed by atoms with Gasteiger partial charge in [0.2, 0.25) is 0 Å². The molecule has 0 spiro atoms. The molecule has 3 nitrogen and oxygen atoms in total. The molecule has 0 radical (unpaired) electrons. The van der Waals surface area contributed by atoms with E-state index in [1.54, 1.807) is 24.3 Å². The third-order valence-electron chi connectivity index (χ3n) is 2.14. The molecule has 1 N–H and O–H groups in total.